The molecule has 1 aromatic carbocycles. The lowest BCUT2D eigenvalue weighted by Gasteiger charge is -2.23. The number of rotatable bonds is 5. The van der Waals surface area contributed by atoms with E-state index in [-0.39, 0.29) is 11.9 Å². The standard InChI is InChI=1S/C20H22N4OS/c1-24-18-9-5-8-17(16(18)12-21-24)23-19(25)11-15-13-26-20(22-15)10-14-6-3-2-4-7-14/h2-4,6-7,12-13,17H,5,8-11H2,1H3,(H,23,25)/t17-/m0/s1. The molecule has 0 aliphatic heterocycles. The van der Waals surface area contributed by atoms with Crippen LogP contribution in [0.25, 0.3) is 0 Å². The van der Waals surface area contributed by atoms with Crippen molar-refractivity contribution in [3.05, 3.63) is 69.4 Å². The van der Waals surface area contributed by atoms with Crippen molar-refractivity contribution in [1.29, 1.82) is 0 Å². The topological polar surface area (TPSA) is 59.8 Å². The molecule has 134 valence electrons. The summed E-state index contributed by atoms with van der Waals surface area (Å²) in [6.07, 6.45) is 6.12. The van der Waals surface area contributed by atoms with Gasteiger partial charge in [0.25, 0.3) is 0 Å². The molecule has 1 aliphatic carbocycles. The molecule has 0 saturated heterocycles. The van der Waals surface area contributed by atoms with E-state index in [9.17, 15) is 4.79 Å². The van der Waals surface area contributed by atoms with Crippen molar-refractivity contribution in [3.8, 4) is 0 Å². The lowest BCUT2D eigenvalue weighted by molar-refractivity contribution is -0.121. The van der Waals surface area contributed by atoms with Gasteiger partial charge in [0.1, 0.15) is 0 Å². The third kappa shape index (κ3) is 3.70. The molecule has 2 heterocycles. The van der Waals surface area contributed by atoms with Crippen LogP contribution in [-0.2, 0) is 31.1 Å². The van der Waals surface area contributed by atoms with Gasteiger partial charge in [0.2, 0.25) is 5.91 Å². The molecule has 0 fully saturated rings. The molecular formula is C20H22N4OS. The molecule has 1 amide bonds. The monoisotopic (exact) mass is 366 g/mol. The Morgan fingerprint density at radius 1 is 1.35 bits per heavy atom. The molecule has 4 rings (SSSR count). The Morgan fingerprint density at radius 2 is 2.19 bits per heavy atom. The van der Waals surface area contributed by atoms with E-state index in [2.05, 4.69) is 27.5 Å². The summed E-state index contributed by atoms with van der Waals surface area (Å²) in [6, 6.07) is 10.4. The number of aryl methyl sites for hydroxylation is 1. The van der Waals surface area contributed by atoms with E-state index >= 15 is 0 Å². The van der Waals surface area contributed by atoms with Gasteiger partial charge in [0.05, 0.1) is 29.4 Å². The van der Waals surface area contributed by atoms with E-state index in [1.807, 2.05) is 41.5 Å². The average molecular weight is 366 g/mol. The van der Waals surface area contributed by atoms with Crippen molar-refractivity contribution in [1.82, 2.24) is 20.1 Å². The van der Waals surface area contributed by atoms with Crippen LogP contribution in [0, 0.1) is 0 Å². The van der Waals surface area contributed by atoms with Crippen molar-refractivity contribution < 1.29 is 4.79 Å². The van der Waals surface area contributed by atoms with Crippen molar-refractivity contribution in [2.45, 2.75) is 38.1 Å². The van der Waals surface area contributed by atoms with Crippen molar-refractivity contribution in [2.24, 2.45) is 7.05 Å². The molecule has 1 atom stereocenters. The number of amides is 1. The molecule has 3 aromatic rings. The minimum atomic E-state index is 0.0308. The van der Waals surface area contributed by atoms with Crippen LogP contribution < -0.4 is 5.32 Å². The van der Waals surface area contributed by atoms with Crippen molar-refractivity contribution in [3.63, 3.8) is 0 Å². The van der Waals surface area contributed by atoms with Crippen molar-refractivity contribution >= 4 is 17.2 Å². The number of thiazole rings is 1. The molecule has 0 unspecified atom stereocenters. The highest BCUT2D eigenvalue weighted by atomic mass is 32.1. The van der Waals surface area contributed by atoms with Gasteiger partial charge in [-0.05, 0) is 24.8 Å². The summed E-state index contributed by atoms with van der Waals surface area (Å²) in [5.41, 5.74) is 4.49. The summed E-state index contributed by atoms with van der Waals surface area (Å²) >= 11 is 1.62. The maximum atomic E-state index is 12.5. The van der Waals surface area contributed by atoms with Crippen LogP contribution in [0.4, 0.5) is 0 Å². The second kappa shape index (κ2) is 7.41. The van der Waals surface area contributed by atoms with E-state index in [0.717, 1.165) is 41.9 Å². The first-order valence-electron chi connectivity index (χ1n) is 8.96. The second-order valence-corrected chi connectivity index (χ2v) is 7.70. The number of nitrogens with zero attached hydrogens (tertiary/aromatic N) is 3. The zero-order valence-electron chi connectivity index (χ0n) is 14.8. The number of aromatic nitrogens is 3. The quantitative estimate of drug-likeness (QED) is 0.754. The van der Waals surface area contributed by atoms with E-state index in [0.29, 0.717) is 6.42 Å². The van der Waals surface area contributed by atoms with Crippen LogP contribution >= 0.6 is 11.3 Å². The number of carbonyl (C=O) groups is 1. The minimum absolute atomic E-state index is 0.0308. The van der Waals surface area contributed by atoms with Gasteiger partial charge < -0.3 is 5.32 Å². The van der Waals surface area contributed by atoms with Crippen LogP contribution in [0.15, 0.2) is 41.9 Å². The van der Waals surface area contributed by atoms with Crippen LogP contribution in [0.2, 0.25) is 0 Å². The first-order valence-corrected chi connectivity index (χ1v) is 9.84. The Bertz CT molecular complexity index is 900. The highest BCUT2D eigenvalue weighted by Crippen LogP contribution is 2.29. The van der Waals surface area contributed by atoms with Gasteiger partial charge in [-0.2, -0.15) is 5.10 Å². The van der Waals surface area contributed by atoms with Gasteiger partial charge in [-0.25, -0.2) is 4.98 Å². The molecular weight excluding hydrogens is 344 g/mol. The summed E-state index contributed by atoms with van der Waals surface area (Å²) in [5.74, 6) is 0.0308. The molecule has 1 N–H and O–H groups in total. The molecule has 0 radical (unpaired) electrons. The fourth-order valence-electron chi connectivity index (χ4n) is 3.55. The number of nitrogens with one attached hydrogen (secondary N) is 1. The zero-order valence-corrected chi connectivity index (χ0v) is 15.6. The number of carbonyl (C=O) groups excluding carboxylic acids is 1. The maximum absolute atomic E-state index is 12.5. The summed E-state index contributed by atoms with van der Waals surface area (Å²) in [7, 11) is 1.96. The summed E-state index contributed by atoms with van der Waals surface area (Å²) in [5, 5.41) is 10.5. The number of benzene rings is 1. The highest BCUT2D eigenvalue weighted by Gasteiger charge is 2.24. The second-order valence-electron chi connectivity index (χ2n) is 6.75. The number of hydrogen-bond acceptors (Lipinski definition) is 4. The van der Waals surface area contributed by atoms with E-state index in [4.69, 9.17) is 0 Å². The SMILES string of the molecule is Cn1ncc2c1CCC[C@@H]2NC(=O)Cc1csc(Cc2ccccc2)n1. The average Bonchev–Trinajstić information content (AvgIpc) is 3.23. The maximum Gasteiger partial charge on any atom is 0.226 e. The first kappa shape index (κ1) is 17.0. The number of hydrogen-bond donors (Lipinski definition) is 1. The van der Waals surface area contributed by atoms with Crippen LogP contribution in [0.1, 0.15) is 46.4 Å². The molecule has 2 aromatic heterocycles. The normalized spacial score (nSPS) is 16.3. The van der Waals surface area contributed by atoms with E-state index in [1.54, 1.807) is 11.3 Å². The van der Waals surface area contributed by atoms with Gasteiger partial charge in [0, 0.05) is 30.1 Å². The van der Waals surface area contributed by atoms with Crippen LogP contribution in [0.5, 0.6) is 0 Å². The van der Waals surface area contributed by atoms with Crippen molar-refractivity contribution in [2.75, 3.05) is 0 Å². The zero-order chi connectivity index (χ0) is 17.9. The number of fused-ring (bicyclic) bond motifs is 1. The third-order valence-corrected chi connectivity index (χ3v) is 5.75. The van der Waals surface area contributed by atoms with Gasteiger partial charge in [0.15, 0.2) is 0 Å². The van der Waals surface area contributed by atoms with Crippen LogP contribution in [0.3, 0.4) is 0 Å². The van der Waals surface area contributed by atoms with Gasteiger partial charge in [-0.15, -0.1) is 11.3 Å². The molecule has 26 heavy (non-hydrogen) atoms. The van der Waals surface area contributed by atoms with E-state index in [1.165, 1.54) is 11.3 Å². The van der Waals surface area contributed by atoms with E-state index < -0.39 is 0 Å². The predicted octanol–water partition coefficient (Wildman–Crippen LogP) is 3.20. The molecule has 5 nitrogen and oxygen atoms in total. The first-order chi connectivity index (χ1) is 12.7. The molecule has 0 saturated carbocycles. The largest absolute Gasteiger partial charge is 0.349 e. The predicted molar refractivity (Wildman–Crippen MR) is 102 cm³/mol. The fourth-order valence-corrected chi connectivity index (χ4v) is 4.38. The Morgan fingerprint density at radius 3 is 3.04 bits per heavy atom. The van der Waals surface area contributed by atoms with Gasteiger partial charge in [-0.1, -0.05) is 30.3 Å². The Kier molecular flexibility index (Phi) is 4.84. The molecule has 1 aliphatic rings. The molecule has 0 bridgehead atoms. The summed E-state index contributed by atoms with van der Waals surface area (Å²) < 4.78 is 1.92. The minimum Gasteiger partial charge on any atom is -0.349 e. The Hall–Kier alpha value is -2.47. The third-order valence-electron chi connectivity index (χ3n) is 4.85. The smallest absolute Gasteiger partial charge is 0.226 e. The molecule has 6 heteroatoms. The Balaban J connectivity index is 1.37. The lowest BCUT2D eigenvalue weighted by atomic mass is 9.93. The Labute approximate surface area is 157 Å². The van der Waals surface area contributed by atoms with Gasteiger partial charge >= 0.3 is 0 Å². The van der Waals surface area contributed by atoms with Gasteiger partial charge in [-0.3, -0.25) is 9.48 Å². The fraction of sp³-hybridized carbons (Fsp3) is 0.350. The lowest BCUT2D eigenvalue weighted by Crippen LogP contribution is -2.32. The highest BCUT2D eigenvalue weighted by molar-refractivity contribution is 7.09. The summed E-state index contributed by atoms with van der Waals surface area (Å²) in [4.78, 5) is 17.1. The summed E-state index contributed by atoms with van der Waals surface area (Å²) in [6.45, 7) is 0. The van der Waals surface area contributed by atoms with Crippen LogP contribution in [-0.4, -0.2) is 20.7 Å². The molecule has 0 spiro atoms.